The van der Waals surface area contributed by atoms with Gasteiger partial charge >= 0.3 is 10.4 Å². The van der Waals surface area contributed by atoms with Gasteiger partial charge < -0.3 is 29.9 Å². The molecule has 0 fully saturated rings. The first-order valence-corrected chi connectivity index (χ1v) is 15.4. The topological polar surface area (TPSA) is 147 Å². The Kier molecular flexibility index (Phi) is 30.5. The van der Waals surface area contributed by atoms with Crippen molar-refractivity contribution < 1.29 is 70.5 Å². The summed E-state index contributed by atoms with van der Waals surface area (Å²) in [7, 11) is 3.44. The van der Waals surface area contributed by atoms with Gasteiger partial charge in [0.1, 0.15) is 49.6 Å². The Hall–Kier alpha value is -3.24. The maximum absolute atomic E-state index is 9.00. The first kappa shape index (κ1) is 48.7. The van der Waals surface area contributed by atoms with Crippen molar-refractivity contribution in [2.24, 2.45) is 28.2 Å². The first-order chi connectivity index (χ1) is 20.0. The lowest BCUT2D eigenvalue weighted by atomic mass is 10.3. The van der Waals surface area contributed by atoms with Gasteiger partial charge in [0.05, 0.1) is 54.4 Å². The molecule has 0 saturated carbocycles. The molecule has 0 amide bonds. The largest absolute Gasteiger partial charge is 1.00 e. The number of aryl methyl sites for hydroxylation is 8. The number of carboxylic acids is 1. The van der Waals surface area contributed by atoms with Crippen molar-refractivity contribution in [3.63, 3.8) is 0 Å². The summed E-state index contributed by atoms with van der Waals surface area (Å²) in [5.74, 6) is -0.833. The van der Waals surface area contributed by atoms with E-state index >= 15 is 0 Å². The molecule has 0 radical (unpaired) electrons. The molecular formula is C28H54Cl2N8O6S+2. The van der Waals surface area contributed by atoms with E-state index in [0.717, 1.165) is 33.1 Å². The number of hydrogen-bond acceptors (Lipinski definition) is 3. The molecule has 260 valence electrons. The molecule has 0 aromatic carbocycles. The molecule has 45 heavy (non-hydrogen) atoms. The fourth-order valence-corrected chi connectivity index (χ4v) is 3.04. The molecular weight excluding hydrogens is 647 g/mol. The highest BCUT2D eigenvalue weighted by Crippen LogP contribution is 1.91. The second-order valence-corrected chi connectivity index (χ2v) is 10.3. The number of aromatic nitrogens is 8. The van der Waals surface area contributed by atoms with Crippen LogP contribution in [0.3, 0.4) is 0 Å². The third-order valence-corrected chi connectivity index (χ3v) is 5.16. The number of unbranched alkanes of at least 4 members (excludes halogenated alkanes) is 1. The second kappa shape index (κ2) is 28.2. The number of halogens is 2. The highest BCUT2D eigenvalue weighted by Gasteiger charge is 1.97. The van der Waals surface area contributed by atoms with Crippen LogP contribution in [0.1, 0.15) is 47.5 Å². The van der Waals surface area contributed by atoms with Gasteiger partial charge in [-0.25, -0.2) is 36.5 Å². The number of imidazole rings is 4. The van der Waals surface area contributed by atoms with Crippen LogP contribution in [0.5, 0.6) is 0 Å². The average molecular weight is 702 g/mol. The van der Waals surface area contributed by atoms with Crippen molar-refractivity contribution in [2.75, 3.05) is 0 Å². The summed E-state index contributed by atoms with van der Waals surface area (Å²) in [4.78, 5) is 9.00. The fraction of sp³-hybridized carbons (Fsp3) is 0.536. The van der Waals surface area contributed by atoms with Crippen molar-refractivity contribution in [1.82, 2.24) is 18.3 Å². The number of carboxylic acid groups (broad SMARTS) is 1. The lowest BCUT2D eigenvalue weighted by Gasteiger charge is -1.90. The minimum atomic E-state index is -4.67. The summed E-state index contributed by atoms with van der Waals surface area (Å²) in [6, 6.07) is 0. The van der Waals surface area contributed by atoms with E-state index in [1.807, 2.05) is 60.5 Å². The number of rotatable bonds is 6. The SMILES string of the molecule is CC(=O)O.CCCCn1cc[n+](C)c1.CCn1cc[n+](C)c1.CCn1cc[n+](C)c1.CCn1cc[n+](C)c1.O=S(=O)(O)O.[Cl-].[Cl-]. The molecule has 0 aliphatic carbocycles. The predicted octanol–water partition coefficient (Wildman–Crippen LogP) is -4.44. The number of aliphatic carboxylic acids is 1. The van der Waals surface area contributed by atoms with E-state index in [0.29, 0.717) is 0 Å². The molecule has 0 aliphatic rings. The third-order valence-electron chi connectivity index (χ3n) is 5.16. The van der Waals surface area contributed by atoms with Crippen molar-refractivity contribution >= 4 is 16.4 Å². The zero-order valence-electron chi connectivity index (χ0n) is 28.0. The quantitative estimate of drug-likeness (QED) is 0.137. The minimum Gasteiger partial charge on any atom is -1.00 e. The van der Waals surface area contributed by atoms with Gasteiger partial charge in [-0.1, -0.05) is 13.3 Å². The third kappa shape index (κ3) is 33.5. The van der Waals surface area contributed by atoms with Crippen molar-refractivity contribution in [1.29, 1.82) is 0 Å². The van der Waals surface area contributed by atoms with Crippen LogP contribution in [0, 0.1) is 0 Å². The number of nitrogens with zero attached hydrogens (tertiary/aromatic N) is 8. The van der Waals surface area contributed by atoms with Crippen molar-refractivity contribution in [2.45, 2.75) is 73.6 Å². The van der Waals surface area contributed by atoms with Gasteiger partial charge in [-0.2, -0.15) is 8.42 Å². The zero-order valence-corrected chi connectivity index (χ0v) is 30.3. The summed E-state index contributed by atoms with van der Waals surface area (Å²) in [5.41, 5.74) is 0. The van der Waals surface area contributed by atoms with E-state index in [2.05, 4.69) is 107 Å². The monoisotopic (exact) mass is 700 g/mol. The fourth-order valence-electron chi connectivity index (χ4n) is 3.04. The Bertz CT molecular complexity index is 1260. The summed E-state index contributed by atoms with van der Waals surface area (Å²) in [6.07, 6.45) is 27.2. The van der Waals surface area contributed by atoms with Gasteiger partial charge in [0.2, 0.25) is 25.3 Å². The first-order valence-electron chi connectivity index (χ1n) is 14.0. The molecule has 3 N–H and O–H groups in total. The van der Waals surface area contributed by atoms with Gasteiger partial charge in [0.15, 0.2) is 0 Å². The van der Waals surface area contributed by atoms with Crippen LogP contribution in [-0.2, 0) is 69.6 Å². The van der Waals surface area contributed by atoms with Crippen LogP contribution < -0.4 is 43.1 Å². The lowest BCUT2D eigenvalue weighted by Crippen LogP contribution is -3.00. The maximum Gasteiger partial charge on any atom is 0.394 e. The molecule has 0 atom stereocenters. The zero-order chi connectivity index (χ0) is 33.4. The molecule has 0 aliphatic heterocycles. The van der Waals surface area contributed by atoms with E-state index in [1.54, 1.807) is 0 Å². The Morgan fingerprint density at radius 1 is 0.622 bits per heavy atom. The average Bonchev–Trinajstić information content (AvgIpc) is 3.72. The van der Waals surface area contributed by atoms with E-state index < -0.39 is 16.4 Å². The van der Waals surface area contributed by atoms with Gasteiger partial charge in [0, 0.05) is 6.92 Å². The maximum atomic E-state index is 9.00. The molecule has 0 spiro atoms. The molecule has 17 heteroatoms. The standard InChI is InChI=1S/C8H15N2.3C6H11N2.C2H4O2.2ClH.H2O4S/c1-3-4-5-10-7-6-9(2)8-10;3*1-3-8-5-4-7(2)6-8;1-2(3)4;;;1-5(2,3)4/h6-8H,3-5H2,1-2H3;3*4-6H,3H2,1-2H3;1H3,(H,3,4);2*1H;(H2,1,2,3,4)/q4*+1;;;;/p-2. The Morgan fingerprint density at radius 2 is 0.844 bits per heavy atom. The van der Waals surface area contributed by atoms with E-state index in [4.69, 9.17) is 27.4 Å². The lowest BCUT2D eigenvalue weighted by molar-refractivity contribution is -0.671. The molecule has 4 aromatic heterocycles. The highest BCUT2D eigenvalue weighted by molar-refractivity contribution is 7.79. The van der Waals surface area contributed by atoms with Gasteiger partial charge in [-0.05, 0) is 27.2 Å². The number of hydrogen-bond donors (Lipinski definition) is 3. The van der Waals surface area contributed by atoms with Gasteiger partial charge in [-0.3, -0.25) is 13.9 Å². The van der Waals surface area contributed by atoms with Crippen LogP contribution in [0.2, 0.25) is 0 Å². The minimum absolute atomic E-state index is 0. The molecule has 4 rings (SSSR count). The molecule has 0 bridgehead atoms. The second-order valence-electron chi connectivity index (χ2n) is 9.37. The van der Waals surface area contributed by atoms with Crippen LogP contribution in [0.15, 0.2) is 74.9 Å². The van der Waals surface area contributed by atoms with E-state index in [1.165, 1.54) is 12.8 Å². The van der Waals surface area contributed by atoms with Crippen LogP contribution in [0.4, 0.5) is 0 Å². The predicted molar refractivity (Wildman–Crippen MR) is 162 cm³/mol. The van der Waals surface area contributed by atoms with Gasteiger partial charge in [-0.15, -0.1) is 0 Å². The summed E-state index contributed by atoms with van der Waals surface area (Å²) in [6.45, 7) is 14.0. The number of carbonyl (C=O) groups is 1. The Balaban J connectivity index is -0.000000227. The molecule has 14 nitrogen and oxygen atoms in total. The van der Waals surface area contributed by atoms with Crippen molar-refractivity contribution in [3.05, 3.63) is 74.9 Å². The van der Waals surface area contributed by atoms with Crippen molar-refractivity contribution in [3.8, 4) is 0 Å². The van der Waals surface area contributed by atoms with Crippen LogP contribution in [0.25, 0.3) is 0 Å². The summed E-state index contributed by atoms with van der Waals surface area (Å²) in [5, 5.41) is 7.42. The van der Waals surface area contributed by atoms with E-state index in [9.17, 15) is 0 Å². The van der Waals surface area contributed by atoms with Crippen LogP contribution >= 0.6 is 0 Å². The highest BCUT2D eigenvalue weighted by atomic mass is 35.5. The molecule has 0 unspecified atom stereocenters. The normalized spacial score (nSPS) is 9.31. The summed E-state index contributed by atoms with van der Waals surface area (Å²) >= 11 is 0. The van der Waals surface area contributed by atoms with Crippen LogP contribution in [-0.4, -0.2) is 46.9 Å². The Morgan fingerprint density at radius 3 is 0.978 bits per heavy atom. The Labute approximate surface area is 281 Å². The molecule has 0 saturated heterocycles. The smallest absolute Gasteiger partial charge is 0.394 e. The molecule has 4 heterocycles. The van der Waals surface area contributed by atoms with E-state index in [-0.39, 0.29) is 24.8 Å². The molecule has 4 aromatic rings. The summed E-state index contributed by atoms with van der Waals surface area (Å²) < 4.78 is 48.3. The van der Waals surface area contributed by atoms with Gasteiger partial charge in [0.25, 0.3) is 5.97 Å².